The molecule has 0 aliphatic rings. The molecule has 1 aromatic heterocycles. The largest absolute Gasteiger partial charge is 0.478 e. The van der Waals surface area contributed by atoms with Gasteiger partial charge in [-0.1, -0.05) is 34.8 Å². The lowest BCUT2D eigenvalue weighted by molar-refractivity contribution is 0.0696. The standard InChI is InChI=1S/C18H10Cl3NO4/c19-10-2-3-11(13(21)8-10)15-5-6-16(26-15)17(23)22-14-7-9(18(24)25)1-4-12(14)20/h1-8H,(H,22,23)(H,24,25). The van der Waals surface area contributed by atoms with Crippen molar-refractivity contribution in [2.24, 2.45) is 0 Å². The molecule has 0 atom stereocenters. The summed E-state index contributed by atoms with van der Waals surface area (Å²) in [4.78, 5) is 23.4. The number of carboxylic acid groups (broad SMARTS) is 1. The Kier molecular flexibility index (Phi) is 5.23. The number of hydrogen-bond donors (Lipinski definition) is 2. The van der Waals surface area contributed by atoms with Gasteiger partial charge in [-0.05, 0) is 48.5 Å². The van der Waals surface area contributed by atoms with Crippen LogP contribution in [-0.2, 0) is 0 Å². The molecule has 0 saturated carbocycles. The average Bonchev–Trinajstić information content (AvgIpc) is 3.06. The van der Waals surface area contributed by atoms with Crippen molar-refractivity contribution in [1.29, 1.82) is 0 Å². The first-order valence-corrected chi connectivity index (χ1v) is 8.38. The number of carbonyl (C=O) groups excluding carboxylic acids is 1. The van der Waals surface area contributed by atoms with Crippen molar-refractivity contribution in [3.05, 3.63) is 74.9 Å². The van der Waals surface area contributed by atoms with E-state index in [2.05, 4.69) is 5.32 Å². The van der Waals surface area contributed by atoms with E-state index in [1.54, 1.807) is 24.3 Å². The Labute approximate surface area is 163 Å². The highest BCUT2D eigenvalue weighted by Crippen LogP contribution is 2.32. The van der Waals surface area contributed by atoms with Gasteiger partial charge in [-0.25, -0.2) is 4.79 Å². The van der Waals surface area contributed by atoms with Gasteiger partial charge in [-0.15, -0.1) is 0 Å². The van der Waals surface area contributed by atoms with Gasteiger partial charge in [-0.2, -0.15) is 0 Å². The maximum Gasteiger partial charge on any atom is 0.335 e. The first-order chi connectivity index (χ1) is 12.3. The van der Waals surface area contributed by atoms with E-state index in [1.165, 1.54) is 24.3 Å². The number of carboxylic acids is 1. The quantitative estimate of drug-likeness (QED) is 0.565. The molecule has 0 spiro atoms. The van der Waals surface area contributed by atoms with E-state index in [0.29, 0.717) is 21.4 Å². The number of furan rings is 1. The number of rotatable bonds is 4. The molecule has 8 heteroatoms. The second-order valence-corrected chi connectivity index (χ2v) is 6.49. The second kappa shape index (κ2) is 7.41. The number of halogens is 3. The summed E-state index contributed by atoms with van der Waals surface area (Å²) in [5.74, 6) is -1.30. The highest BCUT2D eigenvalue weighted by atomic mass is 35.5. The molecule has 3 aromatic rings. The van der Waals surface area contributed by atoms with Crippen molar-refractivity contribution < 1.29 is 19.1 Å². The molecular formula is C18H10Cl3NO4. The van der Waals surface area contributed by atoms with Crippen molar-refractivity contribution in [3.63, 3.8) is 0 Å². The molecular weight excluding hydrogens is 401 g/mol. The Bertz CT molecular complexity index is 1010. The van der Waals surface area contributed by atoms with E-state index >= 15 is 0 Å². The van der Waals surface area contributed by atoms with Crippen molar-refractivity contribution in [1.82, 2.24) is 0 Å². The summed E-state index contributed by atoms with van der Waals surface area (Å²) in [7, 11) is 0. The number of aromatic carboxylic acids is 1. The van der Waals surface area contributed by atoms with E-state index < -0.39 is 11.9 Å². The predicted molar refractivity (Wildman–Crippen MR) is 101 cm³/mol. The molecule has 1 amide bonds. The normalized spacial score (nSPS) is 10.6. The molecule has 26 heavy (non-hydrogen) atoms. The van der Waals surface area contributed by atoms with Gasteiger partial charge in [0.15, 0.2) is 5.76 Å². The van der Waals surface area contributed by atoms with E-state index in [4.69, 9.17) is 44.3 Å². The zero-order chi connectivity index (χ0) is 18.8. The summed E-state index contributed by atoms with van der Waals surface area (Å²) in [6, 6.07) is 12.0. The Morgan fingerprint density at radius 2 is 1.69 bits per heavy atom. The molecule has 0 aliphatic carbocycles. The van der Waals surface area contributed by atoms with Gasteiger partial charge < -0.3 is 14.8 Å². The van der Waals surface area contributed by atoms with E-state index in [9.17, 15) is 9.59 Å². The van der Waals surface area contributed by atoms with Crippen molar-refractivity contribution in [2.45, 2.75) is 0 Å². The van der Waals surface area contributed by atoms with Crippen molar-refractivity contribution in [2.75, 3.05) is 5.32 Å². The van der Waals surface area contributed by atoms with Crippen LogP contribution in [0.25, 0.3) is 11.3 Å². The van der Waals surface area contributed by atoms with Gasteiger partial charge in [-0.3, -0.25) is 4.79 Å². The Morgan fingerprint density at radius 1 is 0.923 bits per heavy atom. The molecule has 0 saturated heterocycles. The summed E-state index contributed by atoms with van der Waals surface area (Å²) >= 11 is 18.0. The second-order valence-electron chi connectivity index (χ2n) is 5.24. The average molecular weight is 411 g/mol. The Balaban J connectivity index is 1.85. The number of amides is 1. The van der Waals surface area contributed by atoms with Crippen LogP contribution in [0.1, 0.15) is 20.9 Å². The monoisotopic (exact) mass is 409 g/mol. The minimum atomic E-state index is -1.13. The maximum atomic E-state index is 12.4. The molecule has 132 valence electrons. The predicted octanol–water partition coefficient (Wildman–Crippen LogP) is 5.86. The Morgan fingerprint density at radius 3 is 2.38 bits per heavy atom. The van der Waals surface area contributed by atoms with E-state index in [1.807, 2.05) is 0 Å². The number of carbonyl (C=O) groups is 2. The van der Waals surface area contributed by atoms with Gasteiger partial charge in [0.2, 0.25) is 0 Å². The zero-order valence-corrected chi connectivity index (χ0v) is 15.2. The molecule has 0 radical (unpaired) electrons. The van der Waals surface area contributed by atoms with Gasteiger partial charge in [0.1, 0.15) is 5.76 Å². The molecule has 1 heterocycles. The SMILES string of the molecule is O=C(O)c1ccc(Cl)c(NC(=O)c2ccc(-c3ccc(Cl)cc3Cl)o2)c1. The zero-order valence-electron chi connectivity index (χ0n) is 12.9. The summed E-state index contributed by atoms with van der Waals surface area (Å²) in [5.41, 5.74) is 0.748. The lowest BCUT2D eigenvalue weighted by Gasteiger charge is -2.07. The highest BCUT2D eigenvalue weighted by molar-refractivity contribution is 6.36. The van der Waals surface area contributed by atoms with E-state index in [0.717, 1.165) is 0 Å². The maximum absolute atomic E-state index is 12.4. The first-order valence-electron chi connectivity index (χ1n) is 7.24. The third-order valence-electron chi connectivity index (χ3n) is 3.49. The minimum Gasteiger partial charge on any atom is -0.478 e. The third-order valence-corrected chi connectivity index (χ3v) is 4.37. The Hall–Kier alpha value is -2.47. The lowest BCUT2D eigenvalue weighted by Crippen LogP contribution is -2.12. The summed E-state index contributed by atoms with van der Waals surface area (Å²) in [5, 5.41) is 12.6. The van der Waals surface area contributed by atoms with Gasteiger partial charge in [0.25, 0.3) is 5.91 Å². The molecule has 0 aliphatic heterocycles. The van der Waals surface area contributed by atoms with Gasteiger partial charge in [0, 0.05) is 10.6 Å². The van der Waals surface area contributed by atoms with Crippen LogP contribution in [0.5, 0.6) is 0 Å². The number of anilines is 1. The number of nitrogens with one attached hydrogen (secondary N) is 1. The first kappa shape index (κ1) is 18.3. The van der Waals surface area contributed by atoms with Crippen LogP contribution in [-0.4, -0.2) is 17.0 Å². The number of benzene rings is 2. The van der Waals surface area contributed by atoms with Crippen LogP contribution in [0.4, 0.5) is 5.69 Å². The lowest BCUT2D eigenvalue weighted by atomic mass is 10.2. The molecule has 2 aromatic carbocycles. The van der Waals surface area contributed by atoms with Crippen LogP contribution in [0.2, 0.25) is 15.1 Å². The van der Waals surface area contributed by atoms with Crippen LogP contribution >= 0.6 is 34.8 Å². The summed E-state index contributed by atoms with van der Waals surface area (Å²) in [6.45, 7) is 0. The van der Waals surface area contributed by atoms with Crippen molar-refractivity contribution in [3.8, 4) is 11.3 Å². The fourth-order valence-electron chi connectivity index (χ4n) is 2.23. The fraction of sp³-hybridized carbons (Fsp3) is 0. The van der Waals surface area contributed by atoms with Crippen LogP contribution in [0, 0.1) is 0 Å². The fourth-order valence-corrected chi connectivity index (χ4v) is 2.90. The smallest absolute Gasteiger partial charge is 0.335 e. The van der Waals surface area contributed by atoms with Crippen LogP contribution < -0.4 is 5.32 Å². The summed E-state index contributed by atoms with van der Waals surface area (Å²) in [6.07, 6.45) is 0. The topological polar surface area (TPSA) is 79.5 Å². The van der Waals surface area contributed by atoms with E-state index in [-0.39, 0.29) is 22.0 Å². The molecule has 5 nitrogen and oxygen atoms in total. The molecule has 0 bridgehead atoms. The molecule has 3 rings (SSSR count). The van der Waals surface area contributed by atoms with Crippen LogP contribution in [0.3, 0.4) is 0 Å². The molecule has 0 unspecified atom stereocenters. The molecule has 0 fully saturated rings. The highest BCUT2D eigenvalue weighted by Gasteiger charge is 2.16. The van der Waals surface area contributed by atoms with Crippen LogP contribution in [0.15, 0.2) is 52.9 Å². The number of hydrogen-bond acceptors (Lipinski definition) is 3. The third kappa shape index (κ3) is 3.85. The summed E-state index contributed by atoms with van der Waals surface area (Å²) < 4.78 is 5.54. The minimum absolute atomic E-state index is 0.00206. The molecule has 2 N–H and O–H groups in total. The van der Waals surface area contributed by atoms with Crippen molar-refractivity contribution >= 4 is 52.4 Å². The van der Waals surface area contributed by atoms with Gasteiger partial charge in [0.05, 0.1) is 21.3 Å². The van der Waals surface area contributed by atoms with Gasteiger partial charge >= 0.3 is 5.97 Å².